The summed E-state index contributed by atoms with van der Waals surface area (Å²) in [6.45, 7) is 7.37. The van der Waals surface area contributed by atoms with Crippen molar-refractivity contribution >= 4 is 12.3 Å². The number of esters is 1. The van der Waals surface area contributed by atoms with E-state index in [0.717, 1.165) is 90.1 Å². The summed E-state index contributed by atoms with van der Waals surface area (Å²) in [6, 6.07) is 0. The van der Waals surface area contributed by atoms with E-state index in [9.17, 15) is 14.7 Å². The van der Waals surface area contributed by atoms with Gasteiger partial charge >= 0.3 is 5.97 Å². The van der Waals surface area contributed by atoms with Crippen LogP contribution >= 0.6 is 0 Å². The van der Waals surface area contributed by atoms with Crippen LogP contribution in [0.5, 0.6) is 0 Å². The number of aliphatic hydroxyl groups is 1. The van der Waals surface area contributed by atoms with E-state index < -0.39 is 0 Å². The summed E-state index contributed by atoms with van der Waals surface area (Å²) in [4.78, 5) is 25.1. The minimum Gasteiger partial charge on any atom is -0.462 e. The molecule has 1 atom stereocenters. The number of carbonyl (C=O) groups is 2. The SMILES string of the molecule is CCCCCCCCC(CCCC)OC(=O)CCCCCN(CCO)CCCCCCCC=O. The van der Waals surface area contributed by atoms with Crippen molar-refractivity contribution in [2.45, 2.75) is 148 Å². The Morgan fingerprint density at radius 1 is 0.735 bits per heavy atom. The van der Waals surface area contributed by atoms with Gasteiger partial charge in [-0.2, -0.15) is 0 Å². The van der Waals surface area contributed by atoms with Crippen LogP contribution in [-0.4, -0.2) is 54.6 Å². The third-order valence-corrected chi connectivity index (χ3v) is 6.63. The van der Waals surface area contributed by atoms with E-state index in [4.69, 9.17) is 4.74 Å². The molecule has 1 N–H and O–H groups in total. The van der Waals surface area contributed by atoms with E-state index in [1.807, 2.05) is 0 Å². The highest BCUT2D eigenvalue weighted by atomic mass is 16.5. The van der Waals surface area contributed by atoms with Gasteiger partial charge in [-0.1, -0.05) is 84.5 Å². The third-order valence-electron chi connectivity index (χ3n) is 6.63. The molecule has 5 nitrogen and oxygen atoms in total. The molecule has 5 heteroatoms. The van der Waals surface area contributed by atoms with Gasteiger partial charge in [0.2, 0.25) is 0 Å². The number of carbonyl (C=O) groups excluding carboxylic acids is 2. The normalized spacial score (nSPS) is 12.2. The molecule has 0 aliphatic carbocycles. The lowest BCUT2D eigenvalue weighted by atomic mass is 10.0. The molecule has 0 aliphatic heterocycles. The van der Waals surface area contributed by atoms with Gasteiger partial charge in [-0.3, -0.25) is 4.79 Å². The van der Waals surface area contributed by atoms with Gasteiger partial charge in [0.1, 0.15) is 12.4 Å². The van der Waals surface area contributed by atoms with Gasteiger partial charge in [0.15, 0.2) is 0 Å². The van der Waals surface area contributed by atoms with E-state index in [1.54, 1.807) is 0 Å². The Morgan fingerprint density at radius 3 is 1.94 bits per heavy atom. The van der Waals surface area contributed by atoms with Crippen molar-refractivity contribution in [2.75, 3.05) is 26.2 Å². The quantitative estimate of drug-likeness (QED) is 0.0758. The summed E-state index contributed by atoms with van der Waals surface area (Å²) in [6.07, 6.45) is 22.9. The Hall–Kier alpha value is -0.940. The standard InChI is InChI=1S/C29H57NO4/c1-3-5-7-8-11-15-21-28(20-6-4-2)34-29(33)22-16-14-18-24-30(25-27-32)23-17-12-9-10-13-19-26-31/h26,28,32H,3-25,27H2,1-2H3. The first-order valence-corrected chi connectivity index (χ1v) is 14.6. The molecular formula is C29H57NO4. The van der Waals surface area contributed by atoms with Crippen molar-refractivity contribution in [3.05, 3.63) is 0 Å². The van der Waals surface area contributed by atoms with Crippen molar-refractivity contribution in [1.82, 2.24) is 4.90 Å². The summed E-state index contributed by atoms with van der Waals surface area (Å²) >= 11 is 0. The summed E-state index contributed by atoms with van der Waals surface area (Å²) in [5, 5.41) is 9.34. The molecule has 0 aromatic rings. The van der Waals surface area contributed by atoms with Crippen LogP contribution in [0.2, 0.25) is 0 Å². The predicted molar refractivity (Wildman–Crippen MR) is 143 cm³/mol. The lowest BCUT2D eigenvalue weighted by Crippen LogP contribution is -2.29. The van der Waals surface area contributed by atoms with Crippen LogP contribution < -0.4 is 0 Å². The fourth-order valence-electron chi connectivity index (χ4n) is 4.44. The van der Waals surface area contributed by atoms with Gasteiger partial charge in [0.25, 0.3) is 0 Å². The molecule has 0 aromatic carbocycles. The second-order valence-corrected chi connectivity index (χ2v) is 9.91. The molecule has 0 fully saturated rings. The summed E-state index contributed by atoms with van der Waals surface area (Å²) < 4.78 is 5.85. The van der Waals surface area contributed by atoms with Gasteiger partial charge in [-0.05, 0) is 58.0 Å². The monoisotopic (exact) mass is 483 g/mol. The molecule has 0 aliphatic rings. The van der Waals surface area contributed by atoms with Crippen LogP contribution in [0.25, 0.3) is 0 Å². The van der Waals surface area contributed by atoms with E-state index in [0.29, 0.717) is 12.8 Å². The molecule has 0 saturated heterocycles. The van der Waals surface area contributed by atoms with Gasteiger partial charge < -0.3 is 19.5 Å². The largest absolute Gasteiger partial charge is 0.462 e. The lowest BCUT2D eigenvalue weighted by molar-refractivity contribution is -0.150. The number of unbranched alkanes of at least 4 members (excludes halogenated alkanes) is 13. The fraction of sp³-hybridized carbons (Fsp3) is 0.931. The molecule has 0 aromatic heterocycles. The van der Waals surface area contributed by atoms with E-state index in [-0.39, 0.29) is 18.7 Å². The van der Waals surface area contributed by atoms with Crippen LogP contribution in [0.3, 0.4) is 0 Å². The van der Waals surface area contributed by atoms with Crippen molar-refractivity contribution in [3.63, 3.8) is 0 Å². The Morgan fingerprint density at radius 2 is 1.29 bits per heavy atom. The number of rotatable bonds is 27. The van der Waals surface area contributed by atoms with Crippen LogP contribution in [0.4, 0.5) is 0 Å². The number of nitrogens with zero attached hydrogens (tertiary/aromatic N) is 1. The Balaban J connectivity index is 3.95. The Bertz CT molecular complexity index is 444. The highest BCUT2D eigenvalue weighted by Gasteiger charge is 2.14. The summed E-state index contributed by atoms with van der Waals surface area (Å²) in [5.41, 5.74) is 0. The third kappa shape index (κ3) is 22.8. The van der Waals surface area contributed by atoms with Gasteiger partial charge in [-0.25, -0.2) is 0 Å². The molecule has 0 amide bonds. The molecule has 34 heavy (non-hydrogen) atoms. The highest BCUT2D eigenvalue weighted by molar-refractivity contribution is 5.69. The zero-order valence-corrected chi connectivity index (χ0v) is 22.7. The lowest BCUT2D eigenvalue weighted by Gasteiger charge is -2.21. The summed E-state index contributed by atoms with van der Waals surface area (Å²) in [5.74, 6) is -0.0196. The average molecular weight is 484 g/mol. The predicted octanol–water partition coefficient (Wildman–Crippen LogP) is 7.23. The molecule has 0 rings (SSSR count). The zero-order valence-electron chi connectivity index (χ0n) is 22.7. The van der Waals surface area contributed by atoms with E-state index in [2.05, 4.69) is 18.7 Å². The van der Waals surface area contributed by atoms with Gasteiger partial charge in [0.05, 0.1) is 6.61 Å². The number of aldehydes is 1. The number of hydrogen-bond donors (Lipinski definition) is 1. The first kappa shape index (κ1) is 33.1. The van der Waals surface area contributed by atoms with Crippen LogP contribution in [0, 0.1) is 0 Å². The van der Waals surface area contributed by atoms with E-state index >= 15 is 0 Å². The molecule has 1 unspecified atom stereocenters. The molecular weight excluding hydrogens is 426 g/mol. The maximum atomic E-state index is 12.4. The van der Waals surface area contributed by atoms with Crippen LogP contribution in [0.1, 0.15) is 142 Å². The molecule has 0 bridgehead atoms. The minimum absolute atomic E-state index is 0.0196. The minimum atomic E-state index is -0.0196. The average Bonchev–Trinajstić information content (AvgIpc) is 2.83. The number of ether oxygens (including phenoxy) is 1. The molecule has 202 valence electrons. The van der Waals surface area contributed by atoms with Gasteiger partial charge in [0, 0.05) is 19.4 Å². The van der Waals surface area contributed by atoms with Crippen molar-refractivity contribution < 1.29 is 19.4 Å². The number of aliphatic hydroxyl groups excluding tert-OH is 1. The Kier molecular flexibility index (Phi) is 25.9. The first-order valence-electron chi connectivity index (χ1n) is 14.6. The highest BCUT2D eigenvalue weighted by Crippen LogP contribution is 2.16. The smallest absolute Gasteiger partial charge is 0.306 e. The first-order chi connectivity index (χ1) is 16.7. The maximum absolute atomic E-state index is 12.4. The molecule has 0 saturated carbocycles. The maximum Gasteiger partial charge on any atom is 0.306 e. The van der Waals surface area contributed by atoms with Crippen molar-refractivity contribution in [1.29, 1.82) is 0 Å². The van der Waals surface area contributed by atoms with Crippen LogP contribution in [-0.2, 0) is 14.3 Å². The summed E-state index contributed by atoms with van der Waals surface area (Å²) in [7, 11) is 0. The molecule has 0 radical (unpaired) electrons. The van der Waals surface area contributed by atoms with Crippen molar-refractivity contribution in [3.8, 4) is 0 Å². The van der Waals surface area contributed by atoms with E-state index in [1.165, 1.54) is 51.4 Å². The topological polar surface area (TPSA) is 66.8 Å². The molecule has 0 spiro atoms. The fourth-order valence-corrected chi connectivity index (χ4v) is 4.44. The Labute approximate surface area is 211 Å². The molecule has 0 heterocycles. The van der Waals surface area contributed by atoms with Crippen LogP contribution in [0.15, 0.2) is 0 Å². The second-order valence-electron chi connectivity index (χ2n) is 9.91. The van der Waals surface area contributed by atoms with Crippen molar-refractivity contribution in [2.24, 2.45) is 0 Å². The number of hydrogen-bond acceptors (Lipinski definition) is 5. The zero-order chi connectivity index (χ0) is 25.1. The van der Waals surface area contributed by atoms with Gasteiger partial charge in [-0.15, -0.1) is 0 Å². The second kappa shape index (κ2) is 26.7.